The van der Waals surface area contributed by atoms with Crippen LogP contribution in [-0.4, -0.2) is 14.6 Å². The van der Waals surface area contributed by atoms with Crippen molar-refractivity contribution in [3.63, 3.8) is 0 Å². The Bertz CT molecular complexity index is 398. The highest BCUT2D eigenvalue weighted by Crippen LogP contribution is 2.18. The number of hydrogen-bond donors (Lipinski definition) is 0. The molecule has 0 amide bonds. The third-order valence-electron chi connectivity index (χ3n) is 1.30. The zero-order chi connectivity index (χ0) is 7.84. The van der Waals surface area contributed by atoms with Gasteiger partial charge in [-0.3, -0.25) is 0 Å². The number of halogens is 2. The van der Waals surface area contributed by atoms with E-state index < -0.39 is 0 Å². The highest BCUT2D eigenvalue weighted by molar-refractivity contribution is 14.1. The van der Waals surface area contributed by atoms with Crippen LogP contribution < -0.4 is 0 Å². The van der Waals surface area contributed by atoms with E-state index >= 15 is 0 Å². The molecule has 0 aliphatic rings. The van der Waals surface area contributed by atoms with Crippen LogP contribution in [0.1, 0.15) is 0 Å². The first-order valence-corrected chi connectivity index (χ1v) is 4.81. The molecule has 2 aromatic rings. The van der Waals surface area contributed by atoms with E-state index in [2.05, 4.69) is 48.6 Å². The van der Waals surface area contributed by atoms with Gasteiger partial charge in [0.15, 0.2) is 5.65 Å². The Morgan fingerprint density at radius 1 is 1.55 bits per heavy atom. The highest BCUT2D eigenvalue weighted by Gasteiger charge is 2.05. The molecule has 0 unspecified atom stereocenters. The smallest absolute Gasteiger partial charge is 0.156 e. The van der Waals surface area contributed by atoms with Crippen molar-refractivity contribution in [1.29, 1.82) is 0 Å². The molecule has 5 heteroatoms. The van der Waals surface area contributed by atoms with Crippen molar-refractivity contribution in [3.05, 3.63) is 26.6 Å². The van der Waals surface area contributed by atoms with E-state index in [9.17, 15) is 0 Å². The number of rotatable bonds is 0. The number of imidazole rings is 1. The first kappa shape index (κ1) is 7.48. The van der Waals surface area contributed by atoms with Crippen LogP contribution in [0.25, 0.3) is 5.65 Å². The Hall–Kier alpha value is -0.170. The second-order valence-electron chi connectivity index (χ2n) is 1.99. The van der Waals surface area contributed by atoms with Crippen LogP contribution >= 0.6 is 38.5 Å². The monoisotopic (exact) mass is 323 g/mol. The topological polar surface area (TPSA) is 30.2 Å². The van der Waals surface area contributed by atoms with Gasteiger partial charge in [0.05, 0.1) is 0 Å². The van der Waals surface area contributed by atoms with Gasteiger partial charge < -0.3 is 0 Å². The van der Waals surface area contributed by atoms with E-state index in [-0.39, 0.29) is 0 Å². The van der Waals surface area contributed by atoms with Gasteiger partial charge in [0.2, 0.25) is 0 Å². The summed E-state index contributed by atoms with van der Waals surface area (Å²) in [5, 5.41) is 4.12. The van der Waals surface area contributed by atoms with Crippen LogP contribution in [0, 0.1) is 3.70 Å². The molecule has 11 heavy (non-hydrogen) atoms. The molecule has 0 saturated carbocycles. The maximum absolute atomic E-state index is 4.22. The van der Waals surface area contributed by atoms with Gasteiger partial charge in [-0.05, 0) is 50.7 Å². The Labute approximate surface area is 85.1 Å². The number of aromatic nitrogens is 3. The van der Waals surface area contributed by atoms with Crippen molar-refractivity contribution < 1.29 is 0 Å². The van der Waals surface area contributed by atoms with Crippen LogP contribution in [0.2, 0.25) is 0 Å². The minimum absolute atomic E-state index is 0.844. The fourth-order valence-corrected chi connectivity index (χ4v) is 1.68. The fraction of sp³-hybridized carbons (Fsp3) is 0. The van der Waals surface area contributed by atoms with Gasteiger partial charge in [-0.2, -0.15) is 5.10 Å². The summed E-state index contributed by atoms with van der Waals surface area (Å²) in [7, 11) is 0. The van der Waals surface area contributed by atoms with Gasteiger partial charge in [-0.1, -0.05) is 0 Å². The summed E-state index contributed by atoms with van der Waals surface area (Å²) in [6, 6.07) is 3.78. The van der Waals surface area contributed by atoms with Crippen molar-refractivity contribution in [2.24, 2.45) is 0 Å². The van der Waals surface area contributed by atoms with Crippen LogP contribution in [0.15, 0.2) is 22.9 Å². The Kier molecular flexibility index (Phi) is 1.84. The molecule has 2 heterocycles. The summed E-state index contributed by atoms with van der Waals surface area (Å²) in [6.07, 6.45) is 1.74. The van der Waals surface area contributed by atoms with E-state index in [0.29, 0.717) is 0 Å². The van der Waals surface area contributed by atoms with Gasteiger partial charge in [0, 0.05) is 6.20 Å². The second kappa shape index (κ2) is 2.71. The molecule has 0 saturated heterocycles. The lowest BCUT2D eigenvalue weighted by molar-refractivity contribution is 0.912. The Morgan fingerprint density at radius 2 is 2.36 bits per heavy atom. The first-order chi connectivity index (χ1) is 5.29. The zero-order valence-corrected chi connectivity index (χ0v) is 9.07. The van der Waals surface area contributed by atoms with Gasteiger partial charge in [-0.15, -0.1) is 0 Å². The molecule has 0 aliphatic carbocycles. The van der Waals surface area contributed by atoms with Crippen LogP contribution in [0.5, 0.6) is 0 Å². The Balaban J connectivity index is 2.92. The van der Waals surface area contributed by atoms with Gasteiger partial charge in [0.1, 0.15) is 8.30 Å². The van der Waals surface area contributed by atoms with Gasteiger partial charge in [0.25, 0.3) is 0 Å². The van der Waals surface area contributed by atoms with E-state index in [4.69, 9.17) is 0 Å². The predicted octanol–water partition coefficient (Wildman–Crippen LogP) is 2.10. The third-order valence-corrected chi connectivity index (χ3v) is 3.56. The molecule has 2 rings (SSSR count). The van der Waals surface area contributed by atoms with Crippen LogP contribution in [0.3, 0.4) is 0 Å². The lowest BCUT2D eigenvalue weighted by Gasteiger charge is -1.89. The van der Waals surface area contributed by atoms with Crippen molar-refractivity contribution in [2.45, 2.75) is 0 Å². The van der Waals surface area contributed by atoms with Crippen LogP contribution in [-0.2, 0) is 0 Å². The van der Waals surface area contributed by atoms with E-state index in [1.165, 1.54) is 0 Å². The van der Waals surface area contributed by atoms with Crippen molar-refractivity contribution in [3.8, 4) is 0 Å². The minimum atomic E-state index is 0.844. The number of hydrogen-bond acceptors (Lipinski definition) is 2. The van der Waals surface area contributed by atoms with Crippen molar-refractivity contribution in [1.82, 2.24) is 14.6 Å². The molecule has 3 nitrogen and oxygen atoms in total. The third kappa shape index (κ3) is 1.16. The average molecular weight is 324 g/mol. The summed E-state index contributed by atoms with van der Waals surface area (Å²) in [6.45, 7) is 0. The standard InChI is InChI=1S/C6H3BrIN3/c7-5-6(8)11-4(10-5)2-1-3-9-11/h1-3H. The molecule has 2 aromatic heterocycles. The molecule has 0 fully saturated rings. The largest absolute Gasteiger partial charge is 0.219 e. The molecule has 0 spiro atoms. The summed E-state index contributed by atoms with van der Waals surface area (Å²) >= 11 is 5.52. The quantitative estimate of drug-likeness (QED) is 0.695. The average Bonchev–Trinajstić information content (AvgIpc) is 2.30. The lowest BCUT2D eigenvalue weighted by atomic mass is 10.6. The SMILES string of the molecule is Brc1nc2cccnn2c1I. The lowest BCUT2D eigenvalue weighted by Crippen LogP contribution is -1.90. The fourth-order valence-electron chi connectivity index (χ4n) is 0.834. The molecule has 56 valence electrons. The summed E-state index contributed by atoms with van der Waals surface area (Å²) in [5.41, 5.74) is 0.865. The summed E-state index contributed by atoms with van der Waals surface area (Å²) in [5.74, 6) is 0. The van der Waals surface area contributed by atoms with Crippen molar-refractivity contribution in [2.75, 3.05) is 0 Å². The molecule has 0 bridgehead atoms. The molecular formula is C6H3BrIN3. The molecule has 0 aliphatic heterocycles. The molecular weight excluding hydrogens is 321 g/mol. The molecule has 0 aromatic carbocycles. The highest BCUT2D eigenvalue weighted by atomic mass is 127. The zero-order valence-electron chi connectivity index (χ0n) is 5.33. The second-order valence-corrected chi connectivity index (χ2v) is 3.76. The maximum atomic E-state index is 4.22. The molecule has 0 atom stereocenters. The summed E-state index contributed by atoms with van der Waals surface area (Å²) in [4.78, 5) is 4.22. The maximum Gasteiger partial charge on any atom is 0.156 e. The normalized spacial score (nSPS) is 10.7. The minimum Gasteiger partial charge on any atom is -0.219 e. The van der Waals surface area contributed by atoms with E-state index in [1.54, 1.807) is 10.7 Å². The van der Waals surface area contributed by atoms with E-state index in [1.807, 2.05) is 12.1 Å². The Morgan fingerprint density at radius 3 is 3.09 bits per heavy atom. The van der Waals surface area contributed by atoms with Crippen LogP contribution in [0.4, 0.5) is 0 Å². The van der Waals surface area contributed by atoms with Crippen molar-refractivity contribution >= 4 is 44.2 Å². The van der Waals surface area contributed by atoms with Gasteiger partial charge in [-0.25, -0.2) is 9.50 Å². The predicted molar refractivity (Wildman–Crippen MR) is 53.4 cm³/mol. The number of nitrogens with zero attached hydrogens (tertiary/aromatic N) is 3. The summed E-state index contributed by atoms with van der Waals surface area (Å²) < 4.78 is 3.62. The molecule has 0 N–H and O–H groups in total. The first-order valence-electron chi connectivity index (χ1n) is 2.94. The van der Waals surface area contributed by atoms with Gasteiger partial charge >= 0.3 is 0 Å². The number of fused-ring (bicyclic) bond motifs is 1. The molecule has 0 radical (unpaired) electrons. The van der Waals surface area contributed by atoms with E-state index in [0.717, 1.165) is 14.0 Å².